The number of nitrogens with zero attached hydrogens (tertiary/aromatic N) is 2. The number of rotatable bonds is 5. The molecule has 0 aliphatic heterocycles. The zero-order valence-electron chi connectivity index (χ0n) is 10.1. The zero-order valence-corrected chi connectivity index (χ0v) is 10.1. The van der Waals surface area contributed by atoms with E-state index >= 15 is 0 Å². The lowest BCUT2D eigenvalue weighted by Gasteiger charge is -2.15. The van der Waals surface area contributed by atoms with Crippen molar-refractivity contribution in [3.05, 3.63) is 42.0 Å². The van der Waals surface area contributed by atoms with Gasteiger partial charge in [-0.3, -0.25) is 4.90 Å². The van der Waals surface area contributed by atoms with E-state index in [2.05, 4.69) is 4.98 Å². The number of benzene rings is 1. The van der Waals surface area contributed by atoms with Crippen LogP contribution in [-0.4, -0.2) is 35.2 Å². The van der Waals surface area contributed by atoms with E-state index < -0.39 is 0 Å². The SMILES string of the molecule is CN(CCO)Cc1ccc(-c2ncco2)cc1F. The van der Waals surface area contributed by atoms with E-state index in [0.717, 1.165) is 0 Å². The van der Waals surface area contributed by atoms with Gasteiger partial charge in [0.25, 0.3) is 0 Å². The van der Waals surface area contributed by atoms with Crippen LogP contribution in [-0.2, 0) is 6.54 Å². The maximum absolute atomic E-state index is 13.9. The highest BCUT2D eigenvalue weighted by Gasteiger charge is 2.09. The van der Waals surface area contributed by atoms with Gasteiger partial charge in [0.2, 0.25) is 5.89 Å². The summed E-state index contributed by atoms with van der Waals surface area (Å²) in [5, 5.41) is 8.80. The average Bonchev–Trinajstić information content (AvgIpc) is 2.85. The number of aliphatic hydroxyl groups excluding tert-OH is 1. The molecule has 96 valence electrons. The smallest absolute Gasteiger partial charge is 0.225 e. The van der Waals surface area contributed by atoms with Crippen LogP contribution in [0.25, 0.3) is 11.5 Å². The highest BCUT2D eigenvalue weighted by molar-refractivity contribution is 5.53. The zero-order chi connectivity index (χ0) is 13.0. The fourth-order valence-corrected chi connectivity index (χ4v) is 1.72. The highest BCUT2D eigenvalue weighted by atomic mass is 19.1. The maximum Gasteiger partial charge on any atom is 0.225 e. The number of hydrogen-bond donors (Lipinski definition) is 1. The van der Waals surface area contributed by atoms with E-state index in [4.69, 9.17) is 9.52 Å². The van der Waals surface area contributed by atoms with Crippen LogP contribution in [0.4, 0.5) is 4.39 Å². The third-order valence-electron chi connectivity index (χ3n) is 2.65. The topological polar surface area (TPSA) is 49.5 Å². The van der Waals surface area contributed by atoms with Crippen LogP contribution in [0.5, 0.6) is 0 Å². The van der Waals surface area contributed by atoms with Gasteiger partial charge < -0.3 is 9.52 Å². The largest absolute Gasteiger partial charge is 0.445 e. The third kappa shape index (κ3) is 2.94. The van der Waals surface area contributed by atoms with Crippen molar-refractivity contribution >= 4 is 0 Å². The van der Waals surface area contributed by atoms with E-state index in [9.17, 15) is 4.39 Å². The molecular weight excluding hydrogens is 235 g/mol. The van der Waals surface area contributed by atoms with Crippen molar-refractivity contribution in [2.45, 2.75) is 6.54 Å². The Balaban J connectivity index is 2.15. The molecule has 0 saturated heterocycles. The number of likely N-dealkylation sites (N-methyl/N-ethyl adjacent to an activating group) is 1. The van der Waals surface area contributed by atoms with E-state index in [0.29, 0.717) is 30.1 Å². The van der Waals surface area contributed by atoms with Gasteiger partial charge in [-0.1, -0.05) is 6.07 Å². The Hall–Kier alpha value is -1.72. The van der Waals surface area contributed by atoms with Crippen molar-refractivity contribution in [3.8, 4) is 11.5 Å². The van der Waals surface area contributed by atoms with Gasteiger partial charge in [-0.25, -0.2) is 9.37 Å². The molecule has 0 spiro atoms. The first-order valence-corrected chi connectivity index (χ1v) is 5.68. The molecule has 0 fully saturated rings. The molecule has 0 unspecified atom stereocenters. The summed E-state index contributed by atoms with van der Waals surface area (Å²) in [6.07, 6.45) is 2.98. The minimum atomic E-state index is -0.296. The molecule has 18 heavy (non-hydrogen) atoms. The normalized spacial score (nSPS) is 11.1. The molecule has 0 amide bonds. The van der Waals surface area contributed by atoms with Gasteiger partial charge in [-0.2, -0.15) is 0 Å². The molecule has 0 saturated carbocycles. The number of halogens is 1. The Morgan fingerprint density at radius 1 is 1.44 bits per heavy atom. The predicted molar refractivity (Wildman–Crippen MR) is 65.3 cm³/mol. The highest BCUT2D eigenvalue weighted by Crippen LogP contribution is 2.20. The Labute approximate surface area is 105 Å². The van der Waals surface area contributed by atoms with E-state index in [1.54, 1.807) is 12.1 Å². The van der Waals surface area contributed by atoms with E-state index in [1.807, 2.05) is 11.9 Å². The lowest BCUT2D eigenvalue weighted by Crippen LogP contribution is -2.22. The molecule has 1 N–H and O–H groups in total. The van der Waals surface area contributed by atoms with Crippen LogP contribution in [0.15, 0.2) is 35.1 Å². The number of oxazole rings is 1. The Kier molecular flexibility index (Phi) is 4.07. The standard InChI is InChI=1S/C13H15FN2O2/c1-16(5-6-17)9-11-3-2-10(8-12(11)14)13-15-4-7-18-13/h2-4,7-8,17H,5-6,9H2,1H3. The van der Waals surface area contributed by atoms with Crippen molar-refractivity contribution in [1.82, 2.24) is 9.88 Å². The van der Waals surface area contributed by atoms with Gasteiger partial charge in [0.15, 0.2) is 0 Å². The molecule has 4 nitrogen and oxygen atoms in total. The second-order valence-corrected chi connectivity index (χ2v) is 4.10. The molecular formula is C13H15FN2O2. The van der Waals surface area contributed by atoms with Crippen LogP contribution in [0.3, 0.4) is 0 Å². The molecule has 0 bridgehead atoms. The van der Waals surface area contributed by atoms with Gasteiger partial charge in [-0.15, -0.1) is 0 Å². The lowest BCUT2D eigenvalue weighted by atomic mass is 10.1. The summed E-state index contributed by atoms with van der Waals surface area (Å²) in [6, 6.07) is 4.90. The van der Waals surface area contributed by atoms with Crippen LogP contribution in [0, 0.1) is 5.82 Å². The van der Waals surface area contributed by atoms with Crippen molar-refractivity contribution in [3.63, 3.8) is 0 Å². The van der Waals surface area contributed by atoms with Crippen molar-refractivity contribution in [2.24, 2.45) is 0 Å². The van der Waals surface area contributed by atoms with Gasteiger partial charge in [0, 0.05) is 24.2 Å². The summed E-state index contributed by atoms with van der Waals surface area (Å²) in [5.41, 5.74) is 1.20. The second-order valence-electron chi connectivity index (χ2n) is 4.10. The molecule has 0 aliphatic carbocycles. The first kappa shape index (κ1) is 12.7. The first-order chi connectivity index (χ1) is 8.70. The van der Waals surface area contributed by atoms with E-state index in [-0.39, 0.29) is 12.4 Å². The fraction of sp³-hybridized carbons (Fsp3) is 0.308. The average molecular weight is 250 g/mol. The van der Waals surface area contributed by atoms with Crippen LogP contribution in [0.1, 0.15) is 5.56 Å². The molecule has 1 aromatic carbocycles. The maximum atomic E-state index is 13.9. The van der Waals surface area contributed by atoms with Gasteiger partial charge in [-0.05, 0) is 19.2 Å². The summed E-state index contributed by atoms with van der Waals surface area (Å²) in [4.78, 5) is 5.82. The monoisotopic (exact) mass is 250 g/mol. The molecule has 1 aromatic heterocycles. The minimum absolute atomic E-state index is 0.0620. The van der Waals surface area contributed by atoms with Gasteiger partial charge >= 0.3 is 0 Å². The minimum Gasteiger partial charge on any atom is -0.445 e. The molecule has 5 heteroatoms. The van der Waals surface area contributed by atoms with Crippen molar-refractivity contribution in [1.29, 1.82) is 0 Å². The molecule has 1 heterocycles. The molecule has 0 atom stereocenters. The summed E-state index contributed by atoms with van der Waals surface area (Å²) in [6.45, 7) is 1.03. The second kappa shape index (κ2) is 5.75. The molecule has 2 rings (SSSR count). The van der Waals surface area contributed by atoms with Crippen molar-refractivity contribution in [2.75, 3.05) is 20.2 Å². The van der Waals surface area contributed by atoms with Crippen LogP contribution < -0.4 is 0 Å². The third-order valence-corrected chi connectivity index (χ3v) is 2.65. The number of aliphatic hydroxyl groups is 1. The first-order valence-electron chi connectivity index (χ1n) is 5.68. The van der Waals surface area contributed by atoms with Crippen molar-refractivity contribution < 1.29 is 13.9 Å². The summed E-state index contributed by atoms with van der Waals surface area (Å²) >= 11 is 0. The molecule has 0 radical (unpaired) electrons. The van der Waals surface area contributed by atoms with Crippen LogP contribution in [0.2, 0.25) is 0 Å². The summed E-state index contributed by atoms with van der Waals surface area (Å²) < 4.78 is 19.0. The Morgan fingerprint density at radius 2 is 2.28 bits per heavy atom. The van der Waals surface area contributed by atoms with Gasteiger partial charge in [0.1, 0.15) is 12.1 Å². The number of aromatic nitrogens is 1. The van der Waals surface area contributed by atoms with Gasteiger partial charge in [0.05, 0.1) is 12.8 Å². The van der Waals surface area contributed by atoms with Crippen LogP contribution >= 0.6 is 0 Å². The fourth-order valence-electron chi connectivity index (χ4n) is 1.72. The molecule has 0 aliphatic rings. The quantitative estimate of drug-likeness (QED) is 0.880. The summed E-state index contributed by atoms with van der Waals surface area (Å²) in [7, 11) is 1.83. The number of hydrogen-bond acceptors (Lipinski definition) is 4. The Bertz CT molecular complexity index is 500. The summed E-state index contributed by atoms with van der Waals surface area (Å²) in [5.74, 6) is 0.111. The Morgan fingerprint density at radius 3 is 2.89 bits per heavy atom. The lowest BCUT2D eigenvalue weighted by molar-refractivity contribution is 0.216. The predicted octanol–water partition coefficient (Wildman–Crippen LogP) is 1.90. The van der Waals surface area contributed by atoms with E-state index in [1.165, 1.54) is 18.5 Å². The molecule has 2 aromatic rings.